The molecule has 0 heterocycles. The van der Waals surface area contributed by atoms with Gasteiger partial charge in [-0.25, -0.2) is 0 Å². The summed E-state index contributed by atoms with van der Waals surface area (Å²) in [5, 5.41) is 3.46. The predicted molar refractivity (Wildman–Crippen MR) is 70.1 cm³/mol. The van der Waals surface area contributed by atoms with Crippen molar-refractivity contribution in [3.8, 4) is 5.75 Å². The van der Waals surface area contributed by atoms with Gasteiger partial charge in [0.2, 0.25) is 0 Å². The normalized spacial score (nSPS) is 10.6. The molecule has 1 rings (SSSR count). The number of halogens is 1. The number of nitrogens with one attached hydrogen (secondary N) is 1. The number of rotatable bonds is 6. The van der Waals surface area contributed by atoms with Gasteiger partial charge < -0.3 is 10.1 Å². The Bertz CT molecular complexity index is 391. The molecule has 0 bridgehead atoms. The Labute approximate surface area is 107 Å². The Balaban J connectivity index is 2.77. The Morgan fingerprint density at radius 2 is 2.18 bits per heavy atom. The molecule has 1 N–H and O–H groups in total. The Hall–Kier alpha value is -1.06. The van der Waals surface area contributed by atoms with Crippen molar-refractivity contribution in [1.82, 2.24) is 5.32 Å². The first kappa shape index (κ1) is 14.0. The summed E-state index contributed by atoms with van der Waals surface area (Å²) in [5.41, 5.74) is 0.604. The van der Waals surface area contributed by atoms with Crippen LogP contribution in [0.3, 0.4) is 0 Å². The highest BCUT2D eigenvalue weighted by Gasteiger charge is 2.09. The molecular weight excluding hydrogens is 238 g/mol. The van der Waals surface area contributed by atoms with Crippen LogP contribution in [0.25, 0.3) is 0 Å². The summed E-state index contributed by atoms with van der Waals surface area (Å²) in [5.74, 6) is 0.645. The van der Waals surface area contributed by atoms with Gasteiger partial charge >= 0.3 is 0 Å². The van der Waals surface area contributed by atoms with E-state index in [1.807, 2.05) is 20.8 Å². The van der Waals surface area contributed by atoms with Crippen LogP contribution in [0.1, 0.15) is 31.1 Å². The number of benzene rings is 1. The quantitative estimate of drug-likeness (QED) is 0.795. The van der Waals surface area contributed by atoms with E-state index >= 15 is 0 Å². The first-order valence-corrected chi connectivity index (χ1v) is 6.12. The lowest BCUT2D eigenvalue weighted by atomic mass is 10.1. The minimum absolute atomic E-state index is 0.0323. The van der Waals surface area contributed by atoms with Gasteiger partial charge in [-0.3, -0.25) is 4.79 Å². The van der Waals surface area contributed by atoms with Crippen molar-refractivity contribution in [2.75, 3.05) is 13.1 Å². The number of hydrogen-bond donors (Lipinski definition) is 1. The van der Waals surface area contributed by atoms with E-state index < -0.39 is 0 Å². The lowest BCUT2D eigenvalue weighted by molar-refractivity contribution is 0.0991. The van der Waals surface area contributed by atoms with E-state index in [4.69, 9.17) is 16.3 Å². The third-order valence-electron chi connectivity index (χ3n) is 2.15. The Kier molecular flexibility index (Phi) is 5.45. The maximum atomic E-state index is 11.7. The summed E-state index contributed by atoms with van der Waals surface area (Å²) in [6.07, 6.45) is 0.0656. The molecule has 0 aliphatic rings. The van der Waals surface area contributed by atoms with Gasteiger partial charge in [0.05, 0.1) is 17.7 Å². The summed E-state index contributed by atoms with van der Waals surface area (Å²) in [7, 11) is 0. The van der Waals surface area contributed by atoms with Crippen molar-refractivity contribution >= 4 is 17.4 Å². The van der Waals surface area contributed by atoms with Crippen LogP contribution in [0.4, 0.5) is 0 Å². The maximum absolute atomic E-state index is 11.7. The number of hydrogen-bond acceptors (Lipinski definition) is 3. The molecule has 17 heavy (non-hydrogen) atoms. The molecule has 0 aliphatic heterocycles. The molecule has 0 unspecified atom stereocenters. The Morgan fingerprint density at radius 1 is 1.47 bits per heavy atom. The van der Waals surface area contributed by atoms with Crippen LogP contribution in [0.2, 0.25) is 5.02 Å². The van der Waals surface area contributed by atoms with Crippen LogP contribution < -0.4 is 10.1 Å². The van der Waals surface area contributed by atoms with Gasteiger partial charge in [0.25, 0.3) is 0 Å². The molecule has 0 spiro atoms. The van der Waals surface area contributed by atoms with Crippen LogP contribution >= 0.6 is 11.6 Å². The van der Waals surface area contributed by atoms with Gasteiger partial charge in [-0.1, -0.05) is 18.5 Å². The van der Waals surface area contributed by atoms with Crippen molar-refractivity contribution < 1.29 is 9.53 Å². The van der Waals surface area contributed by atoms with E-state index in [-0.39, 0.29) is 11.9 Å². The van der Waals surface area contributed by atoms with Crippen LogP contribution in [0, 0.1) is 0 Å². The smallest absolute Gasteiger partial charge is 0.176 e. The highest BCUT2D eigenvalue weighted by atomic mass is 35.5. The van der Waals surface area contributed by atoms with Crippen molar-refractivity contribution in [3.63, 3.8) is 0 Å². The third kappa shape index (κ3) is 4.36. The van der Waals surface area contributed by atoms with Crippen molar-refractivity contribution in [2.24, 2.45) is 0 Å². The second-order valence-electron chi connectivity index (χ2n) is 4.02. The zero-order valence-electron chi connectivity index (χ0n) is 10.4. The van der Waals surface area contributed by atoms with Gasteiger partial charge in [0.1, 0.15) is 5.75 Å². The van der Waals surface area contributed by atoms with Gasteiger partial charge in [-0.2, -0.15) is 0 Å². The zero-order chi connectivity index (χ0) is 12.8. The SMILES string of the molecule is CCNCC(=O)c1ccc(OC(C)C)c(Cl)c1. The highest BCUT2D eigenvalue weighted by molar-refractivity contribution is 6.32. The largest absolute Gasteiger partial charge is 0.489 e. The monoisotopic (exact) mass is 255 g/mol. The van der Waals surface area contributed by atoms with Gasteiger partial charge in [-0.15, -0.1) is 0 Å². The molecular formula is C13H18ClNO2. The fourth-order valence-corrected chi connectivity index (χ4v) is 1.59. The molecule has 4 heteroatoms. The standard InChI is InChI=1S/C13H18ClNO2/c1-4-15-8-12(16)10-5-6-13(11(14)7-10)17-9(2)3/h5-7,9,15H,4,8H2,1-3H3. The highest BCUT2D eigenvalue weighted by Crippen LogP contribution is 2.26. The Morgan fingerprint density at radius 3 is 2.71 bits per heavy atom. The third-order valence-corrected chi connectivity index (χ3v) is 2.45. The molecule has 0 aromatic heterocycles. The minimum Gasteiger partial charge on any atom is -0.489 e. The van der Waals surface area contributed by atoms with Crippen molar-refractivity contribution in [1.29, 1.82) is 0 Å². The lowest BCUT2D eigenvalue weighted by Gasteiger charge is -2.12. The molecule has 3 nitrogen and oxygen atoms in total. The number of likely N-dealkylation sites (N-methyl/N-ethyl adjacent to an activating group) is 1. The number of ketones is 1. The number of Topliss-reactive ketones (excluding diaryl/α,β-unsaturated/α-hetero) is 1. The first-order chi connectivity index (χ1) is 8.04. The zero-order valence-corrected chi connectivity index (χ0v) is 11.2. The number of carbonyl (C=O) groups is 1. The molecule has 0 fully saturated rings. The van der Waals surface area contributed by atoms with E-state index in [0.717, 1.165) is 6.54 Å². The lowest BCUT2D eigenvalue weighted by Crippen LogP contribution is -2.22. The van der Waals surface area contributed by atoms with Crippen molar-refractivity contribution in [2.45, 2.75) is 26.9 Å². The summed E-state index contributed by atoms with van der Waals surface area (Å²) in [6.45, 7) is 6.92. The molecule has 0 amide bonds. The van der Waals surface area contributed by atoms with Crippen LogP contribution in [0.15, 0.2) is 18.2 Å². The predicted octanol–water partition coefficient (Wildman–Crippen LogP) is 2.92. The molecule has 0 saturated carbocycles. The molecule has 0 aliphatic carbocycles. The van der Waals surface area contributed by atoms with E-state index in [1.165, 1.54) is 0 Å². The molecule has 0 saturated heterocycles. The molecule has 0 atom stereocenters. The first-order valence-electron chi connectivity index (χ1n) is 5.74. The fourth-order valence-electron chi connectivity index (χ4n) is 1.36. The average molecular weight is 256 g/mol. The van der Waals surface area contributed by atoms with E-state index in [2.05, 4.69) is 5.32 Å². The molecule has 0 radical (unpaired) electrons. The second kappa shape index (κ2) is 6.62. The fraction of sp³-hybridized carbons (Fsp3) is 0.462. The van der Waals surface area contributed by atoms with Gasteiger partial charge in [0.15, 0.2) is 5.78 Å². The molecule has 1 aromatic carbocycles. The number of ether oxygens (including phenoxy) is 1. The van der Waals surface area contributed by atoms with Crippen LogP contribution in [-0.2, 0) is 0 Å². The summed E-state index contributed by atoms with van der Waals surface area (Å²) >= 11 is 6.05. The second-order valence-corrected chi connectivity index (χ2v) is 4.42. The van der Waals surface area contributed by atoms with Crippen molar-refractivity contribution in [3.05, 3.63) is 28.8 Å². The minimum atomic E-state index is 0.0323. The van der Waals surface area contributed by atoms with Crippen LogP contribution in [-0.4, -0.2) is 25.0 Å². The van der Waals surface area contributed by atoms with E-state index in [1.54, 1.807) is 18.2 Å². The van der Waals surface area contributed by atoms with Crippen LogP contribution in [0.5, 0.6) is 5.75 Å². The van der Waals surface area contributed by atoms with Gasteiger partial charge in [0, 0.05) is 5.56 Å². The molecule has 1 aromatic rings. The van der Waals surface area contributed by atoms with E-state index in [0.29, 0.717) is 22.9 Å². The van der Waals surface area contributed by atoms with E-state index in [9.17, 15) is 4.79 Å². The topological polar surface area (TPSA) is 38.3 Å². The number of carbonyl (C=O) groups excluding carboxylic acids is 1. The summed E-state index contributed by atoms with van der Waals surface area (Å²) in [4.78, 5) is 11.7. The van der Waals surface area contributed by atoms with Gasteiger partial charge in [-0.05, 0) is 38.6 Å². The average Bonchev–Trinajstić information content (AvgIpc) is 2.28. The maximum Gasteiger partial charge on any atom is 0.176 e. The molecule has 94 valence electrons. The summed E-state index contributed by atoms with van der Waals surface area (Å²) in [6, 6.07) is 5.13. The summed E-state index contributed by atoms with van der Waals surface area (Å²) < 4.78 is 5.50.